The predicted octanol–water partition coefficient (Wildman–Crippen LogP) is 5.78. The van der Waals surface area contributed by atoms with Gasteiger partial charge in [-0.15, -0.1) is 0 Å². The summed E-state index contributed by atoms with van der Waals surface area (Å²) in [6, 6.07) is 4.66. The Morgan fingerprint density at radius 2 is 1.83 bits per heavy atom. The molecule has 0 spiro atoms. The summed E-state index contributed by atoms with van der Waals surface area (Å²) < 4.78 is 11.0. The first-order valence-electron chi connectivity index (χ1n) is 11.8. The standard InChI is InChI=1S/C29H40O6/c1-8-29(6,35-26-15-14-24(30)18-23(26)19-27(32)34-7)16-10-12-21(4)11-9-13-22(5)28(33)25(31)17-20(2)3/h8,12-15,17-18,25,30-31H,1,9-11,16,19H2,2-7H3/t25-,29-/m0/s1. The fraction of sp³-hybridized carbons (Fsp3) is 0.448. The number of Topliss-reactive ketones (excluding diaryl/α,β-unsaturated/α-hetero) is 1. The maximum Gasteiger partial charge on any atom is 0.310 e. The fourth-order valence-electron chi connectivity index (χ4n) is 3.43. The van der Waals surface area contributed by atoms with Crippen molar-refractivity contribution in [1.82, 2.24) is 0 Å². The molecule has 0 saturated carbocycles. The normalized spacial score (nSPS) is 14.5. The lowest BCUT2D eigenvalue weighted by Gasteiger charge is -2.28. The number of aromatic hydroxyl groups is 1. The van der Waals surface area contributed by atoms with Gasteiger partial charge in [0.05, 0.1) is 13.5 Å². The number of hydrogen-bond acceptors (Lipinski definition) is 6. The van der Waals surface area contributed by atoms with E-state index in [4.69, 9.17) is 9.47 Å². The number of phenolic OH excluding ortho intramolecular Hbond substituents is 1. The zero-order valence-electron chi connectivity index (χ0n) is 21.9. The largest absolute Gasteiger partial charge is 0.508 e. The molecule has 0 heterocycles. The monoisotopic (exact) mass is 484 g/mol. The lowest BCUT2D eigenvalue weighted by atomic mass is 9.97. The molecular weight excluding hydrogens is 444 g/mol. The van der Waals surface area contributed by atoms with Crippen LogP contribution in [-0.2, 0) is 20.7 Å². The summed E-state index contributed by atoms with van der Waals surface area (Å²) in [5.41, 5.74) is 2.52. The summed E-state index contributed by atoms with van der Waals surface area (Å²) >= 11 is 0. The van der Waals surface area contributed by atoms with E-state index in [1.807, 2.05) is 33.8 Å². The van der Waals surface area contributed by atoms with Gasteiger partial charge in [-0.3, -0.25) is 9.59 Å². The highest BCUT2D eigenvalue weighted by atomic mass is 16.5. The van der Waals surface area contributed by atoms with Crippen LogP contribution in [0.2, 0.25) is 0 Å². The predicted molar refractivity (Wildman–Crippen MR) is 139 cm³/mol. The van der Waals surface area contributed by atoms with Crippen LogP contribution in [-0.4, -0.2) is 40.8 Å². The van der Waals surface area contributed by atoms with Crippen LogP contribution in [0.25, 0.3) is 0 Å². The minimum Gasteiger partial charge on any atom is -0.508 e. The number of aliphatic hydroxyl groups excluding tert-OH is 1. The summed E-state index contributed by atoms with van der Waals surface area (Å²) in [7, 11) is 1.32. The van der Waals surface area contributed by atoms with Crippen molar-refractivity contribution in [2.75, 3.05) is 7.11 Å². The number of allylic oxidation sites excluding steroid dienone is 4. The highest BCUT2D eigenvalue weighted by molar-refractivity contribution is 5.99. The van der Waals surface area contributed by atoms with Gasteiger partial charge in [0.2, 0.25) is 0 Å². The number of rotatable bonds is 14. The van der Waals surface area contributed by atoms with E-state index in [-0.39, 0.29) is 18.0 Å². The maximum atomic E-state index is 12.2. The SMILES string of the molecule is C=C[C@@](C)(CCC=C(C)CCC=C(C)C(=O)[C@@H](O)C=C(C)C)Oc1ccc(O)cc1CC(=O)OC. The Morgan fingerprint density at radius 3 is 2.43 bits per heavy atom. The molecular formula is C29H40O6. The number of carbonyl (C=O) groups excluding carboxylic acids is 2. The van der Waals surface area contributed by atoms with Gasteiger partial charge in [-0.2, -0.15) is 0 Å². The zero-order chi connectivity index (χ0) is 26.6. The first kappa shape index (κ1) is 29.9. The van der Waals surface area contributed by atoms with Gasteiger partial charge in [0.15, 0.2) is 5.78 Å². The molecule has 0 saturated heterocycles. The third-order valence-corrected chi connectivity index (χ3v) is 5.65. The Hall–Kier alpha value is -3.12. The zero-order valence-corrected chi connectivity index (χ0v) is 21.9. The molecule has 0 aliphatic heterocycles. The van der Waals surface area contributed by atoms with E-state index in [1.54, 1.807) is 25.1 Å². The summed E-state index contributed by atoms with van der Waals surface area (Å²) in [4.78, 5) is 23.9. The van der Waals surface area contributed by atoms with E-state index < -0.39 is 17.7 Å². The average Bonchev–Trinajstić information content (AvgIpc) is 2.79. The number of esters is 1. The number of carbonyl (C=O) groups is 2. The second-order valence-electron chi connectivity index (χ2n) is 9.23. The Kier molecular flexibility index (Phi) is 12.2. The van der Waals surface area contributed by atoms with E-state index in [1.165, 1.54) is 24.8 Å². The number of ketones is 1. The molecule has 0 amide bonds. The quantitative estimate of drug-likeness (QED) is 0.197. The van der Waals surface area contributed by atoms with Crippen molar-refractivity contribution in [2.24, 2.45) is 0 Å². The van der Waals surface area contributed by atoms with Gasteiger partial charge in [0.1, 0.15) is 23.2 Å². The molecule has 0 unspecified atom stereocenters. The van der Waals surface area contributed by atoms with Gasteiger partial charge in [-0.1, -0.05) is 29.9 Å². The minimum atomic E-state index is -1.09. The Bertz CT molecular complexity index is 981. The van der Waals surface area contributed by atoms with Crippen LogP contribution >= 0.6 is 0 Å². The van der Waals surface area contributed by atoms with E-state index in [2.05, 4.69) is 12.7 Å². The number of methoxy groups -OCH3 is 1. The van der Waals surface area contributed by atoms with E-state index in [9.17, 15) is 19.8 Å². The lowest BCUT2D eigenvalue weighted by molar-refractivity contribution is -0.139. The van der Waals surface area contributed by atoms with Crippen LogP contribution in [0.1, 0.15) is 65.9 Å². The Morgan fingerprint density at radius 1 is 1.14 bits per heavy atom. The van der Waals surface area contributed by atoms with Gasteiger partial charge in [0, 0.05) is 5.56 Å². The van der Waals surface area contributed by atoms with E-state index in [0.29, 0.717) is 29.7 Å². The van der Waals surface area contributed by atoms with Crippen LogP contribution in [0.4, 0.5) is 0 Å². The first-order valence-corrected chi connectivity index (χ1v) is 11.8. The third kappa shape index (κ3) is 10.8. The molecule has 35 heavy (non-hydrogen) atoms. The van der Waals surface area contributed by atoms with Crippen molar-refractivity contribution in [3.63, 3.8) is 0 Å². The van der Waals surface area contributed by atoms with Crippen molar-refractivity contribution in [3.05, 3.63) is 71.4 Å². The number of hydrogen-bond donors (Lipinski definition) is 2. The molecule has 2 atom stereocenters. The van der Waals surface area contributed by atoms with E-state index >= 15 is 0 Å². The molecule has 0 aromatic heterocycles. The first-order chi connectivity index (χ1) is 16.4. The van der Waals surface area contributed by atoms with Crippen molar-refractivity contribution in [3.8, 4) is 11.5 Å². The number of benzene rings is 1. The lowest BCUT2D eigenvalue weighted by Crippen LogP contribution is -2.30. The van der Waals surface area contributed by atoms with Crippen molar-refractivity contribution >= 4 is 11.8 Å². The van der Waals surface area contributed by atoms with Crippen LogP contribution in [0.5, 0.6) is 11.5 Å². The van der Waals surface area contributed by atoms with Crippen molar-refractivity contribution < 1.29 is 29.3 Å². The summed E-state index contributed by atoms with van der Waals surface area (Å²) in [6.07, 6.45) is 9.12. The smallest absolute Gasteiger partial charge is 0.310 e. The molecule has 0 aliphatic carbocycles. The van der Waals surface area contributed by atoms with Gasteiger partial charge >= 0.3 is 5.97 Å². The molecule has 6 nitrogen and oxygen atoms in total. The average molecular weight is 485 g/mol. The maximum absolute atomic E-state index is 12.2. The van der Waals surface area contributed by atoms with Gasteiger partial charge in [0.25, 0.3) is 0 Å². The molecule has 1 aromatic rings. The highest BCUT2D eigenvalue weighted by Gasteiger charge is 2.24. The molecule has 1 rings (SSSR count). The second-order valence-corrected chi connectivity index (χ2v) is 9.23. The van der Waals surface area contributed by atoms with Crippen LogP contribution < -0.4 is 4.74 Å². The molecule has 2 N–H and O–H groups in total. The van der Waals surface area contributed by atoms with Crippen molar-refractivity contribution in [2.45, 2.75) is 78.4 Å². The molecule has 0 aliphatic rings. The Balaban J connectivity index is 2.73. The van der Waals surface area contributed by atoms with Gasteiger partial charge < -0.3 is 19.7 Å². The van der Waals surface area contributed by atoms with E-state index in [0.717, 1.165) is 18.4 Å². The van der Waals surface area contributed by atoms with Crippen LogP contribution in [0.3, 0.4) is 0 Å². The molecule has 0 fully saturated rings. The number of phenols is 1. The highest BCUT2D eigenvalue weighted by Crippen LogP contribution is 2.30. The van der Waals surface area contributed by atoms with Gasteiger partial charge in [-0.25, -0.2) is 0 Å². The molecule has 192 valence electrons. The molecule has 1 aromatic carbocycles. The number of aliphatic hydroxyl groups is 1. The summed E-state index contributed by atoms with van der Waals surface area (Å²) in [5, 5.41) is 19.7. The fourth-order valence-corrected chi connectivity index (χ4v) is 3.43. The second kappa shape index (κ2) is 14.3. The minimum absolute atomic E-state index is 0.00668. The van der Waals surface area contributed by atoms with Gasteiger partial charge in [-0.05, 0) is 96.2 Å². The van der Waals surface area contributed by atoms with Crippen LogP contribution in [0, 0.1) is 0 Å². The third-order valence-electron chi connectivity index (χ3n) is 5.65. The molecule has 0 bridgehead atoms. The number of ether oxygens (including phenoxy) is 2. The topological polar surface area (TPSA) is 93.1 Å². The van der Waals surface area contributed by atoms with Crippen LogP contribution in [0.15, 0.2) is 65.8 Å². The molecule has 0 radical (unpaired) electrons. The van der Waals surface area contributed by atoms with Crippen molar-refractivity contribution in [1.29, 1.82) is 0 Å². The Labute approximate surface area is 209 Å². The summed E-state index contributed by atoms with van der Waals surface area (Å²) in [5.74, 6) is -0.145. The summed E-state index contributed by atoms with van der Waals surface area (Å²) in [6.45, 7) is 13.3. The molecule has 6 heteroatoms.